The van der Waals surface area contributed by atoms with Crippen LogP contribution in [-0.2, 0) is 4.74 Å². The number of ether oxygens (including phenoxy) is 1. The summed E-state index contributed by atoms with van der Waals surface area (Å²) in [4.78, 5) is 4.28. The fraction of sp³-hybridized carbons (Fsp3) is 0.571. The van der Waals surface area contributed by atoms with Gasteiger partial charge >= 0.3 is 0 Å². The molecule has 2 fully saturated rings. The van der Waals surface area contributed by atoms with Crippen molar-refractivity contribution in [3.8, 4) is 6.07 Å². The Morgan fingerprint density at radius 1 is 1.39 bits per heavy atom. The molecule has 1 aromatic rings. The lowest BCUT2D eigenvalue weighted by atomic mass is 9.82. The van der Waals surface area contributed by atoms with E-state index in [9.17, 15) is 0 Å². The Labute approximate surface area is 107 Å². The van der Waals surface area contributed by atoms with Crippen molar-refractivity contribution in [1.29, 1.82) is 5.26 Å². The first-order valence-corrected chi connectivity index (χ1v) is 6.62. The number of aromatic nitrogens is 1. The third-order valence-corrected chi connectivity index (χ3v) is 4.03. The zero-order valence-electron chi connectivity index (χ0n) is 10.3. The van der Waals surface area contributed by atoms with Gasteiger partial charge in [0, 0.05) is 24.8 Å². The van der Waals surface area contributed by atoms with E-state index in [4.69, 9.17) is 10.00 Å². The van der Waals surface area contributed by atoms with Crippen LogP contribution in [0.3, 0.4) is 0 Å². The van der Waals surface area contributed by atoms with Crippen molar-refractivity contribution in [2.45, 2.75) is 37.8 Å². The molecule has 0 aromatic carbocycles. The highest BCUT2D eigenvalue weighted by atomic mass is 16.5. The van der Waals surface area contributed by atoms with Gasteiger partial charge < -0.3 is 10.1 Å². The number of nitriles is 1. The monoisotopic (exact) mass is 243 g/mol. The van der Waals surface area contributed by atoms with E-state index in [1.807, 2.05) is 0 Å². The van der Waals surface area contributed by atoms with E-state index in [0.717, 1.165) is 25.3 Å². The summed E-state index contributed by atoms with van der Waals surface area (Å²) in [6, 6.07) is 6.19. The molecule has 3 atom stereocenters. The van der Waals surface area contributed by atoms with Gasteiger partial charge in [-0.1, -0.05) is 0 Å². The lowest BCUT2D eigenvalue weighted by Crippen LogP contribution is -2.38. The molecule has 1 saturated carbocycles. The minimum absolute atomic E-state index is 0.397. The first-order valence-electron chi connectivity index (χ1n) is 6.62. The Morgan fingerprint density at radius 3 is 3.22 bits per heavy atom. The number of hydrogen-bond acceptors (Lipinski definition) is 4. The fourth-order valence-corrected chi connectivity index (χ4v) is 3.14. The van der Waals surface area contributed by atoms with Crippen molar-refractivity contribution in [3.63, 3.8) is 0 Å². The number of nitrogens with zero attached hydrogens (tertiary/aromatic N) is 2. The summed E-state index contributed by atoms with van der Waals surface area (Å²) < 4.78 is 5.76. The first kappa shape index (κ1) is 11.5. The molecule has 1 aliphatic heterocycles. The molecule has 1 aliphatic carbocycles. The Balaban J connectivity index is 1.77. The van der Waals surface area contributed by atoms with Crippen LogP contribution in [0, 0.1) is 17.2 Å². The van der Waals surface area contributed by atoms with Gasteiger partial charge in [0.25, 0.3) is 0 Å². The normalized spacial score (nSPS) is 30.5. The second-order valence-corrected chi connectivity index (χ2v) is 5.05. The molecular weight excluding hydrogens is 226 g/mol. The maximum atomic E-state index is 9.08. The van der Waals surface area contributed by atoms with E-state index in [1.54, 1.807) is 18.3 Å². The Hall–Kier alpha value is -1.60. The highest BCUT2D eigenvalue weighted by molar-refractivity contribution is 5.51. The van der Waals surface area contributed by atoms with Gasteiger partial charge in [0.05, 0.1) is 11.7 Å². The molecule has 4 heteroatoms. The highest BCUT2D eigenvalue weighted by Gasteiger charge is 2.37. The Morgan fingerprint density at radius 2 is 2.33 bits per heavy atom. The SMILES string of the molecule is N#Cc1cccnc1NC1CCCC2OCCC12. The molecule has 1 saturated heterocycles. The standard InChI is InChI=1S/C14H17N3O/c15-9-10-3-2-7-16-14(10)17-12-4-1-5-13-11(12)6-8-18-13/h2-3,7,11-13H,1,4-6,8H2,(H,16,17). The predicted octanol–water partition coefficient (Wildman–Crippen LogP) is 2.32. The van der Waals surface area contributed by atoms with Crippen LogP contribution >= 0.6 is 0 Å². The summed E-state index contributed by atoms with van der Waals surface area (Å²) in [5, 5.41) is 12.5. The van der Waals surface area contributed by atoms with E-state index >= 15 is 0 Å². The van der Waals surface area contributed by atoms with Crippen LogP contribution in [0.2, 0.25) is 0 Å². The topological polar surface area (TPSA) is 57.9 Å². The summed E-state index contributed by atoms with van der Waals surface area (Å²) >= 11 is 0. The maximum absolute atomic E-state index is 9.08. The van der Waals surface area contributed by atoms with E-state index in [-0.39, 0.29) is 0 Å². The molecule has 2 heterocycles. The van der Waals surface area contributed by atoms with Gasteiger partial charge in [0.15, 0.2) is 0 Å². The van der Waals surface area contributed by atoms with Gasteiger partial charge in [0.1, 0.15) is 11.9 Å². The van der Waals surface area contributed by atoms with Crippen molar-refractivity contribution in [2.75, 3.05) is 11.9 Å². The average Bonchev–Trinajstić information content (AvgIpc) is 2.89. The zero-order chi connectivity index (χ0) is 12.4. The van der Waals surface area contributed by atoms with Gasteiger partial charge in [0.2, 0.25) is 0 Å². The molecular formula is C14H17N3O. The molecule has 1 aromatic heterocycles. The lowest BCUT2D eigenvalue weighted by molar-refractivity contribution is 0.0619. The number of hydrogen-bond donors (Lipinski definition) is 1. The van der Waals surface area contributed by atoms with Gasteiger partial charge in [-0.05, 0) is 37.8 Å². The van der Waals surface area contributed by atoms with Crippen molar-refractivity contribution in [2.24, 2.45) is 5.92 Å². The minimum Gasteiger partial charge on any atom is -0.378 e. The summed E-state index contributed by atoms with van der Waals surface area (Å²) in [6.07, 6.45) is 6.77. The summed E-state index contributed by atoms with van der Waals surface area (Å²) in [7, 11) is 0. The molecule has 18 heavy (non-hydrogen) atoms. The van der Waals surface area contributed by atoms with Gasteiger partial charge in [-0.15, -0.1) is 0 Å². The van der Waals surface area contributed by atoms with E-state index in [0.29, 0.717) is 23.6 Å². The third-order valence-electron chi connectivity index (χ3n) is 4.03. The number of pyridine rings is 1. The smallest absolute Gasteiger partial charge is 0.144 e. The highest BCUT2D eigenvalue weighted by Crippen LogP contribution is 2.36. The second-order valence-electron chi connectivity index (χ2n) is 5.05. The molecule has 2 aliphatic rings. The second kappa shape index (κ2) is 4.95. The zero-order valence-corrected chi connectivity index (χ0v) is 10.3. The van der Waals surface area contributed by atoms with E-state index < -0.39 is 0 Å². The molecule has 0 bridgehead atoms. The molecule has 0 amide bonds. The molecule has 0 radical (unpaired) electrons. The largest absolute Gasteiger partial charge is 0.378 e. The van der Waals surface area contributed by atoms with Crippen LogP contribution in [0.15, 0.2) is 18.3 Å². The van der Waals surface area contributed by atoms with E-state index in [2.05, 4.69) is 16.4 Å². The van der Waals surface area contributed by atoms with Crippen molar-refractivity contribution >= 4 is 5.82 Å². The number of rotatable bonds is 2. The summed E-state index contributed by atoms with van der Waals surface area (Å²) in [6.45, 7) is 0.876. The van der Waals surface area contributed by atoms with Crippen LogP contribution in [0.5, 0.6) is 0 Å². The quantitative estimate of drug-likeness (QED) is 0.866. The molecule has 1 N–H and O–H groups in total. The molecule has 3 unspecified atom stereocenters. The molecule has 4 nitrogen and oxygen atoms in total. The van der Waals surface area contributed by atoms with E-state index in [1.165, 1.54) is 12.8 Å². The van der Waals surface area contributed by atoms with Crippen molar-refractivity contribution < 1.29 is 4.74 Å². The third kappa shape index (κ3) is 2.06. The molecule has 94 valence electrons. The fourth-order valence-electron chi connectivity index (χ4n) is 3.14. The summed E-state index contributed by atoms with van der Waals surface area (Å²) in [5.41, 5.74) is 0.624. The van der Waals surface area contributed by atoms with Crippen LogP contribution in [0.25, 0.3) is 0 Å². The van der Waals surface area contributed by atoms with Crippen molar-refractivity contribution in [1.82, 2.24) is 4.98 Å². The van der Waals surface area contributed by atoms with Gasteiger partial charge in [-0.2, -0.15) is 5.26 Å². The van der Waals surface area contributed by atoms with Crippen LogP contribution in [-0.4, -0.2) is 23.7 Å². The maximum Gasteiger partial charge on any atom is 0.144 e. The lowest BCUT2D eigenvalue weighted by Gasteiger charge is -2.33. The van der Waals surface area contributed by atoms with Gasteiger partial charge in [-0.3, -0.25) is 0 Å². The number of fused-ring (bicyclic) bond motifs is 1. The minimum atomic E-state index is 0.397. The van der Waals surface area contributed by atoms with Crippen LogP contribution < -0.4 is 5.32 Å². The van der Waals surface area contributed by atoms with Crippen LogP contribution in [0.1, 0.15) is 31.2 Å². The van der Waals surface area contributed by atoms with Crippen molar-refractivity contribution in [3.05, 3.63) is 23.9 Å². The van der Waals surface area contributed by atoms with Gasteiger partial charge in [-0.25, -0.2) is 4.98 Å². The number of nitrogens with one attached hydrogen (secondary N) is 1. The first-order chi connectivity index (χ1) is 8.88. The van der Waals surface area contributed by atoms with Crippen LogP contribution in [0.4, 0.5) is 5.82 Å². The predicted molar refractivity (Wildman–Crippen MR) is 68.1 cm³/mol. The molecule has 3 rings (SSSR count). The number of anilines is 1. The Kier molecular flexibility index (Phi) is 3.16. The molecule has 0 spiro atoms. The summed E-state index contributed by atoms with van der Waals surface area (Å²) in [5.74, 6) is 1.30. The average molecular weight is 243 g/mol. The Bertz CT molecular complexity index is 468.